The van der Waals surface area contributed by atoms with Crippen molar-refractivity contribution in [3.05, 3.63) is 28.2 Å². The summed E-state index contributed by atoms with van der Waals surface area (Å²) in [6.07, 6.45) is 7.31. The quantitative estimate of drug-likeness (QED) is 0.650. The third-order valence-corrected chi connectivity index (χ3v) is 4.35. The molecule has 0 aliphatic rings. The molecule has 2 nitrogen and oxygen atoms in total. The van der Waals surface area contributed by atoms with E-state index in [4.69, 9.17) is 4.74 Å². The summed E-state index contributed by atoms with van der Waals surface area (Å²) in [5.41, 5.74) is 1.34. The van der Waals surface area contributed by atoms with Gasteiger partial charge in [0.05, 0.1) is 7.11 Å². The third kappa shape index (κ3) is 6.27. The number of halogens is 1. The number of ether oxygens (including phenoxy) is 1. The van der Waals surface area contributed by atoms with Gasteiger partial charge in [0.25, 0.3) is 0 Å². The van der Waals surface area contributed by atoms with Crippen LogP contribution in [0.1, 0.15) is 51.5 Å². The molecule has 0 heterocycles. The van der Waals surface area contributed by atoms with Gasteiger partial charge < -0.3 is 10.1 Å². The van der Waals surface area contributed by atoms with Crippen molar-refractivity contribution in [2.45, 2.75) is 58.4 Å². The average molecular weight is 342 g/mol. The lowest BCUT2D eigenvalue weighted by atomic mass is 10.0. The van der Waals surface area contributed by atoms with Crippen LogP contribution in [0.5, 0.6) is 5.75 Å². The van der Waals surface area contributed by atoms with E-state index in [0.717, 1.165) is 18.7 Å². The second kappa shape index (κ2) is 10.2. The second-order valence-electron chi connectivity index (χ2n) is 5.29. The van der Waals surface area contributed by atoms with Crippen molar-refractivity contribution in [2.24, 2.45) is 0 Å². The summed E-state index contributed by atoms with van der Waals surface area (Å²) in [5.74, 6) is 0.942. The van der Waals surface area contributed by atoms with Gasteiger partial charge in [-0.15, -0.1) is 0 Å². The molecule has 1 atom stereocenters. The summed E-state index contributed by atoms with van der Waals surface area (Å²) < 4.78 is 6.48. The first kappa shape index (κ1) is 17.5. The number of hydrogen-bond donors (Lipinski definition) is 1. The number of aryl methyl sites for hydroxylation is 1. The molecule has 0 aromatic heterocycles. The molecule has 1 aromatic rings. The molecule has 0 amide bonds. The predicted molar refractivity (Wildman–Crippen MR) is 90.6 cm³/mol. The van der Waals surface area contributed by atoms with Gasteiger partial charge in [-0.3, -0.25) is 0 Å². The van der Waals surface area contributed by atoms with E-state index in [-0.39, 0.29) is 0 Å². The van der Waals surface area contributed by atoms with Crippen LogP contribution in [0.15, 0.2) is 22.7 Å². The maximum absolute atomic E-state index is 5.30. The Labute approximate surface area is 132 Å². The third-order valence-electron chi connectivity index (χ3n) is 3.57. The number of methoxy groups -OCH3 is 1. The zero-order chi connectivity index (χ0) is 14.8. The summed E-state index contributed by atoms with van der Waals surface area (Å²) in [6, 6.07) is 6.88. The van der Waals surface area contributed by atoms with E-state index in [1.807, 2.05) is 6.07 Å². The molecule has 114 valence electrons. The van der Waals surface area contributed by atoms with Crippen molar-refractivity contribution in [1.29, 1.82) is 0 Å². The van der Waals surface area contributed by atoms with Crippen molar-refractivity contribution in [1.82, 2.24) is 5.32 Å². The molecular formula is C17H28BrNO. The smallest absolute Gasteiger partial charge is 0.119 e. The molecule has 3 heteroatoms. The molecule has 1 N–H and O–H groups in total. The summed E-state index contributed by atoms with van der Waals surface area (Å²) in [7, 11) is 1.72. The Morgan fingerprint density at radius 1 is 1.20 bits per heavy atom. The predicted octanol–water partition coefficient (Wildman–Crippen LogP) is 4.95. The minimum absolute atomic E-state index is 0.671. The highest BCUT2D eigenvalue weighted by molar-refractivity contribution is 9.10. The molecule has 20 heavy (non-hydrogen) atoms. The normalized spacial score (nSPS) is 12.4. The number of hydrogen-bond acceptors (Lipinski definition) is 2. The summed E-state index contributed by atoms with van der Waals surface area (Å²) >= 11 is 3.63. The molecular weight excluding hydrogens is 314 g/mol. The van der Waals surface area contributed by atoms with Gasteiger partial charge in [-0.2, -0.15) is 0 Å². The molecule has 0 fully saturated rings. The zero-order valence-corrected chi connectivity index (χ0v) is 14.6. The van der Waals surface area contributed by atoms with Gasteiger partial charge in [-0.05, 0) is 62.4 Å². The monoisotopic (exact) mass is 341 g/mol. The van der Waals surface area contributed by atoms with Gasteiger partial charge in [0.1, 0.15) is 5.75 Å². The van der Waals surface area contributed by atoms with E-state index >= 15 is 0 Å². The second-order valence-corrected chi connectivity index (χ2v) is 6.14. The van der Waals surface area contributed by atoms with Crippen LogP contribution in [-0.2, 0) is 6.42 Å². The van der Waals surface area contributed by atoms with Crippen LogP contribution in [0.4, 0.5) is 0 Å². The first-order valence-corrected chi connectivity index (χ1v) is 8.56. The van der Waals surface area contributed by atoms with Gasteiger partial charge in [0.15, 0.2) is 0 Å². The van der Waals surface area contributed by atoms with Gasteiger partial charge in [0, 0.05) is 10.5 Å². The number of benzene rings is 1. The molecule has 0 saturated heterocycles. The molecule has 1 unspecified atom stereocenters. The molecule has 0 radical (unpaired) electrons. The van der Waals surface area contributed by atoms with E-state index in [1.54, 1.807) is 7.11 Å². The topological polar surface area (TPSA) is 21.3 Å². The van der Waals surface area contributed by atoms with E-state index in [2.05, 4.69) is 47.2 Å². The van der Waals surface area contributed by atoms with Crippen LogP contribution in [0.2, 0.25) is 0 Å². The van der Waals surface area contributed by atoms with Crippen LogP contribution in [0.3, 0.4) is 0 Å². The van der Waals surface area contributed by atoms with Crippen LogP contribution < -0.4 is 10.1 Å². The zero-order valence-electron chi connectivity index (χ0n) is 13.0. The van der Waals surface area contributed by atoms with Gasteiger partial charge in [-0.1, -0.05) is 36.2 Å². The lowest BCUT2D eigenvalue weighted by molar-refractivity contribution is 0.413. The van der Waals surface area contributed by atoms with E-state index in [1.165, 1.54) is 42.1 Å². The number of nitrogens with one attached hydrogen (secondary N) is 1. The maximum atomic E-state index is 5.30. The van der Waals surface area contributed by atoms with E-state index < -0.39 is 0 Å². The largest absolute Gasteiger partial charge is 0.497 e. The molecule has 1 rings (SSSR count). The Hall–Kier alpha value is -0.540. The van der Waals surface area contributed by atoms with Crippen molar-refractivity contribution in [3.8, 4) is 5.75 Å². The van der Waals surface area contributed by atoms with Crippen molar-refractivity contribution >= 4 is 15.9 Å². The lowest BCUT2D eigenvalue weighted by Crippen LogP contribution is -2.29. The highest BCUT2D eigenvalue weighted by Gasteiger charge is 2.08. The van der Waals surface area contributed by atoms with Crippen LogP contribution in [-0.4, -0.2) is 19.7 Å². The fraction of sp³-hybridized carbons (Fsp3) is 0.647. The van der Waals surface area contributed by atoms with E-state index in [0.29, 0.717) is 6.04 Å². The van der Waals surface area contributed by atoms with E-state index in [9.17, 15) is 0 Å². The first-order valence-electron chi connectivity index (χ1n) is 7.77. The lowest BCUT2D eigenvalue weighted by Gasteiger charge is -2.18. The van der Waals surface area contributed by atoms with Crippen molar-refractivity contribution < 1.29 is 4.74 Å². The number of rotatable bonds is 10. The van der Waals surface area contributed by atoms with Crippen LogP contribution in [0, 0.1) is 0 Å². The molecule has 1 aromatic carbocycles. The highest BCUT2D eigenvalue weighted by Crippen LogP contribution is 2.24. The Morgan fingerprint density at radius 2 is 2.00 bits per heavy atom. The Balaban J connectivity index is 2.45. The fourth-order valence-corrected chi connectivity index (χ4v) is 2.90. The summed E-state index contributed by atoms with van der Waals surface area (Å²) in [6.45, 7) is 5.62. The Bertz CT molecular complexity index is 381. The summed E-state index contributed by atoms with van der Waals surface area (Å²) in [5, 5.41) is 3.66. The minimum Gasteiger partial charge on any atom is -0.497 e. The average Bonchev–Trinajstić information content (AvgIpc) is 2.46. The first-order chi connectivity index (χ1) is 9.71. The Morgan fingerprint density at radius 3 is 2.65 bits per heavy atom. The highest BCUT2D eigenvalue weighted by atomic mass is 79.9. The maximum Gasteiger partial charge on any atom is 0.119 e. The van der Waals surface area contributed by atoms with Crippen molar-refractivity contribution in [3.63, 3.8) is 0 Å². The van der Waals surface area contributed by atoms with Crippen molar-refractivity contribution in [2.75, 3.05) is 13.7 Å². The van der Waals surface area contributed by atoms with Gasteiger partial charge in [0.2, 0.25) is 0 Å². The minimum atomic E-state index is 0.671. The molecule has 0 spiro atoms. The molecule has 0 saturated carbocycles. The molecule has 0 aliphatic carbocycles. The standard InChI is InChI=1S/C17H28BrNO/c1-4-7-15(19-12-5-2)9-6-8-14-13-16(20-3)10-11-17(14)18/h10-11,13,15,19H,4-9,12H2,1-3H3. The van der Waals surface area contributed by atoms with Gasteiger partial charge >= 0.3 is 0 Å². The van der Waals surface area contributed by atoms with Gasteiger partial charge in [-0.25, -0.2) is 0 Å². The fourth-order valence-electron chi connectivity index (χ4n) is 2.45. The summed E-state index contributed by atoms with van der Waals surface area (Å²) in [4.78, 5) is 0. The SMILES string of the molecule is CCCNC(CCC)CCCc1cc(OC)ccc1Br. The van der Waals surface area contributed by atoms with Crippen LogP contribution >= 0.6 is 15.9 Å². The molecule has 0 aliphatic heterocycles. The van der Waals surface area contributed by atoms with Crippen LogP contribution in [0.25, 0.3) is 0 Å². The Kier molecular flexibility index (Phi) is 8.95. The molecule has 0 bridgehead atoms.